The molecular formula is C18H19Cl2NO2. The van der Waals surface area contributed by atoms with E-state index in [0.717, 1.165) is 18.6 Å². The number of hydrogen-bond acceptors (Lipinski definition) is 2. The molecule has 2 aromatic rings. The zero-order chi connectivity index (χ0) is 16.7. The minimum absolute atomic E-state index is 0.0609. The third kappa shape index (κ3) is 5.45. The van der Waals surface area contributed by atoms with Crippen molar-refractivity contribution in [3.8, 4) is 5.75 Å². The summed E-state index contributed by atoms with van der Waals surface area (Å²) in [6.45, 7) is 1.27. The summed E-state index contributed by atoms with van der Waals surface area (Å²) < 4.78 is 5.62. The predicted molar refractivity (Wildman–Crippen MR) is 94.6 cm³/mol. The van der Waals surface area contributed by atoms with Crippen LogP contribution in [0.5, 0.6) is 5.75 Å². The lowest BCUT2D eigenvalue weighted by Crippen LogP contribution is -2.28. The summed E-state index contributed by atoms with van der Waals surface area (Å²) in [7, 11) is 1.78. The molecule has 2 aromatic carbocycles. The molecule has 23 heavy (non-hydrogen) atoms. The van der Waals surface area contributed by atoms with Crippen molar-refractivity contribution in [1.29, 1.82) is 0 Å². The SMILES string of the molecule is CN(CCCCOc1ccc(Cl)cc1)C(=O)c1ccccc1Cl. The maximum Gasteiger partial charge on any atom is 0.255 e. The van der Waals surface area contributed by atoms with Gasteiger partial charge in [0.2, 0.25) is 0 Å². The summed E-state index contributed by atoms with van der Waals surface area (Å²) in [4.78, 5) is 14.0. The molecule has 0 heterocycles. The number of carbonyl (C=O) groups is 1. The van der Waals surface area contributed by atoms with Crippen LogP contribution < -0.4 is 4.74 Å². The fourth-order valence-corrected chi connectivity index (χ4v) is 2.46. The Labute approximate surface area is 146 Å². The lowest BCUT2D eigenvalue weighted by Gasteiger charge is -2.17. The molecule has 0 atom stereocenters. The molecule has 0 saturated heterocycles. The Kier molecular flexibility index (Phi) is 6.75. The summed E-state index contributed by atoms with van der Waals surface area (Å²) in [6, 6.07) is 14.4. The number of hydrogen-bond donors (Lipinski definition) is 0. The number of nitrogens with zero attached hydrogens (tertiary/aromatic N) is 1. The van der Waals surface area contributed by atoms with E-state index in [1.54, 1.807) is 36.2 Å². The maximum absolute atomic E-state index is 12.3. The average Bonchev–Trinajstić information content (AvgIpc) is 2.56. The highest BCUT2D eigenvalue weighted by atomic mass is 35.5. The molecule has 0 aromatic heterocycles. The number of rotatable bonds is 7. The number of carbonyl (C=O) groups excluding carboxylic acids is 1. The van der Waals surface area contributed by atoms with Crippen molar-refractivity contribution in [3.63, 3.8) is 0 Å². The first-order valence-corrected chi connectivity index (χ1v) is 8.22. The molecule has 0 saturated carbocycles. The molecule has 1 amide bonds. The summed E-state index contributed by atoms with van der Waals surface area (Å²) >= 11 is 11.9. The number of halogens is 2. The van der Waals surface area contributed by atoms with E-state index in [9.17, 15) is 4.79 Å². The fraction of sp³-hybridized carbons (Fsp3) is 0.278. The Bertz CT molecular complexity index is 644. The van der Waals surface area contributed by atoms with Crippen molar-refractivity contribution in [1.82, 2.24) is 4.90 Å². The second kappa shape index (κ2) is 8.80. The van der Waals surface area contributed by atoms with Gasteiger partial charge in [-0.15, -0.1) is 0 Å². The Balaban J connectivity index is 1.70. The van der Waals surface area contributed by atoms with Gasteiger partial charge < -0.3 is 9.64 Å². The minimum Gasteiger partial charge on any atom is -0.494 e. The van der Waals surface area contributed by atoms with E-state index < -0.39 is 0 Å². The molecular weight excluding hydrogens is 333 g/mol. The van der Waals surface area contributed by atoms with Gasteiger partial charge in [-0.1, -0.05) is 35.3 Å². The van der Waals surface area contributed by atoms with E-state index in [1.165, 1.54) is 0 Å². The highest BCUT2D eigenvalue weighted by Gasteiger charge is 2.13. The average molecular weight is 352 g/mol. The van der Waals surface area contributed by atoms with Crippen LogP contribution in [0.15, 0.2) is 48.5 Å². The molecule has 0 aliphatic rings. The van der Waals surface area contributed by atoms with Crippen LogP contribution in [0.3, 0.4) is 0 Å². The molecule has 0 N–H and O–H groups in total. The Morgan fingerprint density at radius 2 is 1.74 bits per heavy atom. The molecule has 122 valence electrons. The van der Waals surface area contributed by atoms with Gasteiger partial charge in [-0.3, -0.25) is 4.79 Å². The first-order chi connectivity index (χ1) is 11.1. The molecule has 0 bridgehead atoms. The standard InChI is InChI=1S/C18H19Cl2NO2/c1-21(18(22)16-6-2-3-7-17(16)20)12-4-5-13-23-15-10-8-14(19)9-11-15/h2-3,6-11H,4-5,12-13H2,1H3. The van der Waals surface area contributed by atoms with Gasteiger partial charge in [0, 0.05) is 18.6 Å². The monoisotopic (exact) mass is 351 g/mol. The maximum atomic E-state index is 12.3. The van der Waals surface area contributed by atoms with Crippen molar-refractivity contribution in [2.75, 3.05) is 20.2 Å². The summed E-state index contributed by atoms with van der Waals surface area (Å²) in [5.41, 5.74) is 0.536. The highest BCUT2D eigenvalue weighted by molar-refractivity contribution is 6.33. The highest BCUT2D eigenvalue weighted by Crippen LogP contribution is 2.17. The van der Waals surface area contributed by atoms with Crippen LogP contribution in [-0.2, 0) is 0 Å². The van der Waals surface area contributed by atoms with Gasteiger partial charge in [0.15, 0.2) is 0 Å². The first-order valence-electron chi connectivity index (χ1n) is 7.46. The van der Waals surface area contributed by atoms with Gasteiger partial charge in [0.05, 0.1) is 17.2 Å². The van der Waals surface area contributed by atoms with Crippen LogP contribution in [0.2, 0.25) is 10.0 Å². The van der Waals surface area contributed by atoms with Crippen molar-refractivity contribution in [3.05, 3.63) is 64.1 Å². The van der Waals surface area contributed by atoms with E-state index in [-0.39, 0.29) is 5.91 Å². The molecule has 0 aliphatic heterocycles. The zero-order valence-electron chi connectivity index (χ0n) is 13.0. The van der Waals surface area contributed by atoms with Gasteiger partial charge in [-0.25, -0.2) is 0 Å². The van der Waals surface area contributed by atoms with Gasteiger partial charge in [-0.2, -0.15) is 0 Å². The Morgan fingerprint density at radius 1 is 1.04 bits per heavy atom. The van der Waals surface area contributed by atoms with Crippen LogP contribution in [0.4, 0.5) is 0 Å². The van der Waals surface area contributed by atoms with Crippen molar-refractivity contribution < 1.29 is 9.53 Å². The smallest absolute Gasteiger partial charge is 0.255 e. The first kappa shape index (κ1) is 17.6. The van der Waals surface area contributed by atoms with Crippen LogP contribution in [0, 0.1) is 0 Å². The number of ether oxygens (including phenoxy) is 1. The molecule has 0 radical (unpaired) electrons. The summed E-state index contributed by atoms with van der Waals surface area (Å²) in [5, 5.41) is 1.17. The van der Waals surface area contributed by atoms with Crippen LogP contribution in [-0.4, -0.2) is 31.0 Å². The van der Waals surface area contributed by atoms with E-state index in [0.29, 0.717) is 28.8 Å². The molecule has 2 rings (SSSR count). The summed E-state index contributed by atoms with van der Waals surface area (Å²) in [6.07, 6.45) is 1.73. The van der Waals surface area contributed by atoms with E-state index in [2.05, 4.69) is 0 Å². The van der Waals surface area contributed by atoms with Gasteiger partial charge in [0.25, 0.3) is 5.91 Å². The molecule has 0 unspecified atom stereocenters. The van der Waals surface area contributed by atoms with Gasteiger partial charge in [0.1, 0.15) is 5.75 Å². The predicted octanol–water partition coefficient (Wildman–Crippen LogP) is 4.92. The molecule has 3 nitrogen and oxygen atoms in total. The van der Waals surface area contributed by atoms with E-state index >= 15 is 0 Å². The third-order valence-corrected chi connectivity index (χ3v) is 4.00. The van der Waals surface area contributed by atoms with Crippen LogP contribution >= 0.6 is 23.2 Å². The molecule has 0 aliphatic carbocycles. The van der Waals surface area contributed by atoms with Crippen LogP contribution in [0.1, 0.15) is 23.2 Å². The molecule has 0 spiro atoms. The van der Waals surface area contributed by atoms with Gasteiger partial charge in [-0.05, 0) is 49.2 Å². The third-order valence-electron chi connectivity index (χ3n) is 3.42. The van der Waals surface area contributed by atoms with Crippen molar-refractivity contribution in [2.45, 2.75) is 12.8 Å². The number of amides is 1. The van der Waals surface area contributed by atoms with Crippen molar-refractivity contribution >= 4 is 29.1 Å². The summed E-state index contributed by atoms with van der Waals surface area (Å²) in [5.74, 6) is 0.740. The second-order valence-electron chi connectivity index (χ2n) is 5.22. The van der Waals surface area contributed by atoms with E-state index in [1.807, 2.05) is 24.3 Å². The molecule has 5 heteroatoms. The molecule has 0 fully saturated rings. The largest absolute Gasteiger partial charge is 0.494 e. The number of unbranched alkanes of at least 4 members (excludes halogenated alkanes) is 1. The fourth-order valence-electron chi connectivity index (χ4n) is 2.11. The zero-order valence-corrected chi connectivity index (χ0v) is 14.5. The van der Waals surface area contributed by atoms with Crippen molar-refractivity contribution in [2.24, 2.45) is 0 Å². The quantitative estimate of drug-likeness (QED) is 0.662. The van der Waals surface area contributed by atoms with Gasteiger partial charge >= 0.3 is 0 Å². The number of benzene rings is 2. The lowest BCUT2D eigenvalue weighted by atomic mass is 10.2. The minimum atomic E-state index is -0.0609. The normalized spacial score (nSPS) is 10.4. The topological polar surface area (TPSA) is 29.5 Å². The van der Waals surface area contributed by atoms with Crippen LogP contribution in [0.25, 0.3) is 0 Å². The Morgan fingerprint density at radius 3 is 2.43 bits per heavy atom. The van der Waals surface area contributed by atoms with E-state index in [4.69, 9.17) is 27.9 Å². The second-order valence-corrected chi connectivity index (χ2v) is 6.06. The Hall–Kier alpha value is -1.71. The lowest BCUT2D eigenvalue weighted by molar-refractivity contribution is 0.0791.